The van der Waals surface area contributed by atoms with E-state index in [-0.39, 0.29) is 17.6 Å². The largest absolute Gasteiger partial charge is 0.431 e. The molecule has 2 amide bonds. The van der Waals surface area contributed by atoms with E-state index < -0.39 is 5.54 Å². The second-order valence-electron chi connectivity index (χ2n) is 7.73. The number of para-hydroxylation sites is 2. The number of likely N-dealkylation sites (tertiary alicyclic amines) is 2. The van der Waals surface area contributed by atoms with E-state index in [1.165, 1.54) is 23.1 Å². The summed E-state index contributed by atoms with van der Waals surface area (Å²) in [4.78, 5) is 32.5. The number of nitrogens with two attached hydrogens (primary N) is 1. The minimum Gasteiger partial charge on any atom is -0.431 e. The summed E-state index contributed by atoms with van der Waals surface area (Å²) in [6, 6.07) is 7.57. The van der Waals surface area contributed by atoms with Gasteiger partial charge >= 0.3 is 0 Å². The van der Waals surface area contributed by atoms with Gasteiger partial charge in [0.15, 0.2) is 11.1 Å². The standard InChI is InChI=1S/C20H26N4O3S/c21-18(26)20(24-10-4-1-5-11-24)8-12-23(13-9-20)17(25)14-28-19-22-15-6-2-3-7-16(15)27-19/h2-3,6-7H,1,4-5,8-14H2,(H2,21,26)/p+1. The van der Waals surface area contributed by atoms with Crippen molar-refractivity contribution in [3.05, 3.63) is 24.3 Å². The zero-order valence-corrected chi connectivity index (χ0v) is 16.8. The number of nitrogens with zero attached hydrogens (tertiary/aromatic N) is 2. The molecule has 2 aliphatic heterocycles. The Bertz CT molecular complexity index is 821. The van der Waals surface area contributed by atoms with E-state index in [1.807, 2.05) is 29.2 Å². The number of hydrogen-bond donors (Lipinski definition) is 2. The third-order valence-corrected chi connectivity index (χ3v) is 6.98. The summed E-state index contributed by atoms with van der Waals surface area (Å²) in [5.74, 6) is 0.129. The average Bonchev–Trinajstić information content (AvgIpc) is 3.15. The molecule has 0 radical (unpaired) electrons. The molecule has 2 aliphatic rings. The minimum absolute atomic E-state index is 0.0546. The molecule has 0 bridgehead atoms. The van der Waals surface area contributed by atoms with Crippen LogP contribution in [0.15, 0.2) is 33.9 Å². The van der Waals surface area contributed by atoms with Crippen LogP contribution in [0.25, 0.3) is 11.1 Å². The number of hydrogen-bond acceptors (Lipinski definition) is 5. The molecule has 3 N–H and O–H groups in total. The van der Waals surface area contributed by atoms with E-state index in [2.05, 4.69) is 4.98 Å². The molecule has 0 spiro atoms. The molecule has 7 nitrogen and oxygen atoms in total. The van der Waals surface area contributed by atoms with E-state index in [0.717, 1.165) is 37.0 Å². The molecule has 0 aliphatic carbocycles. The summed E-state index contributed by atoms with van der Waals surface area (Å²) < 4.78 is 5.67. The number of nitrogens with one attached hydrogen (secondary N) is 1. The van der Waals surface area contributed by atoms with Gasteiger partial charge in [0.25, 0.3) is 11.1 Å². The van der Waals surface area contributed by atoms with Crippen LogP contribution in [0, 0.1) is 0 Å². The first-order chi connectivity index (χ1) is 13.6. The fourth-order valence-corrected chi connectivity index (χ4v) is 5.24. The fraction of sp³-hybridized carbons (Fsp3) is 0.550. The van der Waals surface area contributed by atoms with Gasteiger partial charge in [-0.3, -0.25) is 9.59 Å². The third kappa shape index (κ3) is 3.75. The molecule has 8 heteroatoms. The third-order valence-electron chi connectivity index (χ3n) is 6.17. The first-order valence-corrected chi connectivity index (χ1v) is 11.0. The molecule has 0 saturated carbocycles. The van der Waals surface area contributed by atoms with Gasteiger partial charge in [0.2, 0.25) is 5.91 Å². The highest BCUT2D eigenvalue weighted by atomic mass is 32.2. The SMILES string of the molecule is NC(=O)C1([NH+]2CCCCC2)CCN(C(=O)CSc2nc3ccccc3o2)CC1. The Labute approximate surface area is 168 Å². The van der Waals surface area contributed by atoms with E-state index in [1.54, 1.807) is 0 Å². The second-order valence-corrected chi connectivity index (χ2v) is 8.65. The summed E-state index contributed by atoms with van der Waals surface area (Å²) in [6.07, 6.45) is 4.83. The van der Waals surface area contributed by atoms with Crippen molar-refractivity contribution in [2.75, 3.05) is 31.9 Å². The van der Waals surface area contributed by atoms with Crippen LogP contribution < -0.4 is 10.6 Å². The Kier molecular flexibility index (Phi) is 5.59. The van der Waals surface area contributed by atoms with Crippen LogP contribution in [0.3, 0.4) is 0 Å². The van der Waals surface area contributed by atoms with Gasteiger partial charge in [-0.05, 0) is 31.4 Å². The number of carbonyl (C=O) groups is 2. The van der Waals surface area contributed by atoms with Crippen LogP contribution >= 0.6 is 11.8 Å². The molecule has 1 aromatic carbocycles. The van der Waals surface area contributed by atoms with Crippen molar-refractivity contribution in [1.29, 1.82) is 0 Å². The number of rotatable bonds is 5. The van der Waals surface area contributed by atoms with E-state index in [9.17, 15) is 9.59 Å². The number of fused-ring (bicyclic) bond motifs is 1. The number of quaternary nitrogens is 1. The Balaban J connectivity index is 1.34. The molecule has 2 saturated heterocycles. The maximum Gasteiger partial charge on any atom is 0.278 e. The number of oxazole rings is 1. The molecule has 2 fully saturated rings. The highest BCUT2D eigenvalue weighted by Crippen LogP contribution is 2.25. The minimum atomic E-state index is -0.509. The predicted molar refractivity (Wildman–Crippen MR) is 107 cm³/mol. The molecule has 4 rings (SSSR count). The van der Waals surface area contributed by atoms with Crippen molar-refractivity contribution in [3.8, 4) is 0 Å². The number of carbonyl (C=O) groups excluding carboxylic acids is 2. The Morgan fingerprint density at radius 2 is 1.89 bits per heavy atom. The van der Waals surface area contributed by atoms with Crippen molar-refractivity contribution in [2.45, 2.75) is 42.9 Å². The average molecular weight is 404 g/mol. The van der Waals surface area contributed by atoms with Crippen LogP contribution in [0.2, 0.25) is 0 Å². The number of aromatic nitrogens is 1. The van der Waals surface area contributed by atoms with Crippen molar-refractivity contribution < 1.29 is 18.9 Å². The van der Waals surface area contributed by atoms with Gasteiger partial charge in [0.05, 0.1) is 18.8 Å². The molecule has 0 atom stereocenters. The molecular formula is C20H27N4O3S+. The summed E-state index contributed by atoms with van der Waals surface area (Å²) in [6.45, 7) is 3.17. The normalized spacial score (nSPS) is 20.4. The lowest BCUT2D eigenvalue weighted by atomic mass is 9.83. The van der Waals surface area contributed by atoms with Gasteiger partial charge in [0, 0.05) is 25.9 Å². The molecular weight excluding hydrogens is 376 g/mol. The lowest BCUT2D eigenvalue weighted by Crippen LogP contribution is -3.22. The van der Waals surface area contributed by atoms with Crippen LogP contribution in [-0.4, -0.2) is 59.2 Å². The molecule has 150 valence electrons. The number of primary amides is 1. The van der Waals surface area contributed by atoms with Gasteiger partial charge in [-0.1, -0.05) is 23.9 Å². The molecule has 1 aromatic heterocycles. The lowest BCUT2D eigenvalue weighted by Gasteiger charge is -2.45. The van der Waals surface area contributed by atoms with Crippen LogP contribution in [0.4, 0.5) is 0 Å². The molecule has 28 heavy (non-hydrogen) atoms. The smallest absolute Gasteiger partial charge is 0.278 e. The zero-order valence-electron chi connectivity index (χ0n) is 16.0. The van der Waals surface area contributed by atoms with Crippen molar-refractivity contribution in [2.24, 2.45) is 5.73 Å². The molecule has 3 heterocycles. The lowest BCUT2D eigenvalue weighted by molar-refractivity contribution is -0.948. The Morgan fingerprint density at radius 3 is 2.57 bits per heavy atom. The zero-order chi connectivity index (χ0) is 19.6. The van der Waals surface area contributed by atoms with E-state index in [4.69, 9.17) is 10.2 Å². The summed E-state index contributed by atoms with van der Waals surface area (Å²) in [5, 5.41) is 0.510. The van der Waals surface area contributed by atoms with Gasteiger partial charge in [-0.2, -0.15) is 0 Å². The van der Waals surface area contributed by atoms with E-state index >= 15 is 0 Å². The Hall–Kier alpha value is -2.06. The summed E-state index contributed by atoms with van der Waals surface area (Å²) in [7, 11) is 0. The topological polar surface area (TPSA) is 93.9 Å². The molecule has 0 unspecified atom stereocenters. The summed E-state index contributed by atoms with van der Waals surface area (Å²) >= 11 is 1.32. The maximum atomic E-state index is 12.7. The van der Waals surface area contributed by atoms with Crippen LogP contribution in [0.5, 0.6) is 0 Å². The van der Waals surface area contributed by atoms with Gasteiger partial charge in [0.1, 0.15) is 5.52 Å². The van der Waals surface area contributed by atoms with Gasteiger partial charge < -0.3 is 20.0 Å². The van der Waals surface area contributed by atoms with Crippen LogP contribution in [0.1, 0.15) is 32.1 Å². The van der Waals surface area contributed by atoms with E-state index in [0.29, 0.717) is 31.2 Å². The van der Waals surface area contributed by atoms with Gasteiger partial charge in [-0.25, -0.2) is 4.98 Å². The number of piperidine rings is 2. The molecule has 2 aromatic rings. The summed E-state index contributed by atoms with van der Waals surface area (Å²) in [5.41, 5.74) is 6.85. The maximum absolute atomic E-state index is 12.7. The van der Waals surface area contributed by atoms with Crippen molar-refractivity contribution >= 4 is 34.7 Å². The Morgan fingerprint density at radius 1 is 1.18 bits per heavy atom. The quantitative estimate of drug-likeness (QED) is 0.722. The fourth-order valence-electron chi connectivity index (χ4n) is 4.50. The first kappa shape index (κ1) is 19.3. The first-order valence-electron chi connectivity index (χ1n) is 10.00. The van der Waals surface area contributed by atoms with Crippen LogP contribution in [-0.2, 0) is 9.59 Å². The number of amides is 2. The second kappa shape index (κ2) is 8.13. The monoisotopic (exact) mass is 403 g/mol. The number of thioether (sulfide) groups is 1. The van der Waals surface area contributed by atoms with Crippen molar-refractivity contribution in [1.82, 2.24) is 9.88 Å². The number of benzene rings is 1. The van der Waals surface area contributed by atoms with Crippen molar-refractivity contribution in [3.63, 3.8) is 0 Å². The van der Waals surface area contributed by atoms with Gasteiger partial charge in [-0.15, -0.1) is 0 Å². The predicted octanol–water partition coefficient (Wildman–Crippen LogP) is 0.835. The highest BCUT2D eigenvalue weighted by molar-refractivity contribution is 7.99. The highest BCUT2D eigenvalue weighted by Gasteiger charge is 2.49.